The van der Waals surface area contributed by atoms with Gasteiger partial charge >= 0.3 is 0 Å². The van der Waals surface area contributed by atoms with Crippen molar-refractivity contribution in [2.75, 3.05) is 22.1 Å². The molecule has 1 atom stereocenters. The maximum atomic E-state index is 6.03. The third-order valence-electron chi connectivity index (χ3n) is 6.72. The van der Waals surface area contributed by atoms with Crippen molar-refractivity contribution in [2.24, 2.45) is 10.2 Å². The molecule has 1 aliphatic rings. The first kappa shape index (κ1) is 39.7. The van der Waals surface area contributed by atoms with Gasteiger partial charge in [0.2, 0.25) is 0 Å². The van der Waals surface area contributed by atoms with E-state index in [0.717, 1.165) is 50.3 Å². The highest BCUT2D eigenvalue weighted by molar-refractivity contribution is 6.09. The lowest BCUT2D eigenvalue weighted by atomic mass is 10.0. The average molecular weight is 631 g/mol. The molecule has 0 fully saturated rings. The smallest absolute Gasteiger partial charge is 0.119 e. The Hall–Kier alpha value is -5.36. The molecule has 6 heteroatoms. The largest absolute Gasteiger partial charge is 0.398 e. The van der Waals surface area contributed by atoms with Gasteiger partial charge in [-0.15, -0.1) is 5.11 Å². The SMILES string of the molecule is C/C=C(\C)C1Nc2cccc3c(N)ccc(c23)N1.C=CC=C.CC.CC.CC.Nc1ccc(N=Nc2ccccc2)c2ccccc12. The topological polar surface area (TPSA) is 101 Å². The number of fused-ring (bicyclic) bond motifs is 1. The molecule has 1 unspecified atom stereocenters. The van der Waals surface area contributed by atoms with Crippen LogP contribution in [0.1, 0.15) is 55.4 Å². The maximum Gasteiger partial charge on any atom is 0.119 e. The number of allylic oxidation sites excluding steroid dienone is 3. The molecule has 0 saturated heterocycles. The van der Waals surface area contributed by atoms with Crippen molar-refractivity contribution in [3.63, 3.8) is 0 Å². The molecule has 0 radical (unpaired) electrons. The first-order chi connectivity index (χ1) is 23.0. The molecule has 248 valence electrons. The molecule has 6 N–H and O–H groups in total. The second kappa shape index (κ2) is 22.2. The Bertz CT molecular complexity index is 1700. The van der Waals surface area contributed by atoms with E-state index in [0.29, 0.717) is 0 Å². The Kier molecular flexibility index (Phi) is 18.7. The van der Waals surface area contributed by atoms with Crippen LogP contribution in [0.3, 0.4) is 0 Å². The third-order valence-corrected chi connectivity index (χ3v) is 6.72. The van der Waals surface area contributed by atoms with Crippen molar-refractivity contribution in [2.45, 2.75) is 61.6 Å². The van der Waals surface area contributed by atoms with E-state index in [1.54, 1.807) is 12.2 Å². The molecule has 1 heterocycles. The van der Waals surface area contributed by atoms with E-state index in [9.17, 15) is 0 Å². The number of azo groups is 1. The van der Waals surface area contributed by atoms with Gasteiger partial charge in [-0.1, -0.05) is 128 Å². The van der Waals surface area contributed by atoms with E-state index in [2.05, 4.69) is 72.1 Å². The molecule has 5 aromatic carbocycles. The molecule has 0 aliphatic carbocycles. The summed E-state index contributed by atoms with van der Waals surface area (Å²) in [6.45, 7) is 22.9. The molecule has 6 rings (SSSR count). The van der Waals surface area contributed by atoms with Crippen LogP contribution in [0.4, 0.5) is 34.1 Å². The van der Waals surface area contributed by atoms with Crippen molar-refractivity contribution in [1.29, 1.82) is 0 Å². The van der Waals surface area contributed by atoms with Gasteiger partial charge in [-0.25, -0.2) is 0 Å². The number of nitrogens with zero attached hydrogens (tertiary/aromatic N) is 2. The lowest BCUT2D eigenvalue weighted by Crippen LogP contribution is -2.32. The summed E-state index contributed by atoms with van der Waals surface area (Å²) >= 11 is 0. The molecule has 0 amide bonds. The average Bonchev–Trinajstić information content (AvgIpc) is 3.15. The normalized spacial score (nSPS) is 12.3. The summed E-state index contributed by atoms with van der Waals surface area (Å²) in [5, 5.41) is 19.9. The number of anilines is 4. The molecule has 1 aliphatic heterocycles. The van der Waals surface area contributed by atoms with Gasteiger partial charge in [0.1, 0.15) is 6.17 Å². The second-order valence-corrected chi connectivity index (χ2v) is 9.41. The molecule has 5 aromatic rings. The number of hydrogen-bond acceptors (Lipinski definition) is 6. The van der Waals surface area contributed by atoms with Crippen molar-refractivity contribution >= 4 is 55.7 Å². The predicted octanol–water partition coefficient (Wildman–Crippen LogP) is 12.8. The van der Waals surface area contributed by atoms with Gasteiger partial charge in [-0.05, 0) is 61.9 Å². The van der Waals surface area contributed by atoms with Gasteiger partial charge in [-0.2, -0.15) is 5.11 Å². The Morgan fingerprint density at radius 1 is 0.617 bits per heavy atom. The first-order valence-corrected chi connectivity index (χ1v) is 16.4. The van der Waals surface area contributed by atoms with Gasteiger partial charge in [0.15, 0.2) is 0 Å². The molecular formula is C41H54N6. The summed E-state index contributed by atoms with van der Waals surface area (Å²) in [5.74, 6) is 0. The van der Waals surface area contributed by atoms with Gasteiger partial charge in [0, 0.05) is 44.3 Å². The lowest BCUT2D eigenvalue weighted by molar-refractivity contribution is 0.930. The minimum absolute atomic E-state index is 0.150. The predicted molar refractivity (Wildman–Crippen MR) is 212 cm³/mol. The van der Waals surface area contributed by atoms with E-state index in [-0.39, 0.29) is 6.17 Å². The molecule has 0 bridgehead atoms. The number of nitrogens with two attached hydrogens (primary N) is 2. The number of nitrogen functional groups attached to an aromatic ring is 2. The number of nitrogens with one attached hydrogen (secondary N) is 2. The zero-order valence-corrected chi connectivity index (χ0v) is 29.5. The molecular weight excluding hydrogens is 576 g/mol. The fraction of sp³-hybridized carbons (Fsp3) is 0.220. The maximum absolute atomic E-state index is 6.03. The van der Waals surface area contributed by atoms with Gasteiger partial charge in [-0.3, -0.25) is 0 Å². The van der Waals surface area contributed by atoms with Crippen LogP contribution in [-0.4, -0.2) is 6.17 Å². The summed E-state index contributed by atoms with van der Waals surface area (Å²) in [7, 11) is 0. The molecule has 0 spiro atoms. The lowest BCUT2D eigenvalue weighted by Gasteiger charge is -2.30. The minimum atomic E-state index is 0.150. The van der Waals surface area contributed by atoms with E-state index in [1.165, 1.54) is 11.0 Å². The van der Waals surface area contributed by atoms with Crippen LogP contribution in [0.15, 0.2) is 144 Å². The minimum Gasteiger partial charge on any atom is -0.398 e. The van der Waals surface area contributed by atoms with Crippen LogP contribution in [0.25, 0.3) is 21.5 Å². The van der Waals surface area contributed by atoms with Crippen LogP contribution in [-0.2, 0) is 0 Å². The second-order valence-electron chi connectivity index (χ2n) is 9.41. The summed E-state index contributed by atoms with van der Waals surface area (Å²) < 4.78 is 0. The van der Waals surface area contributed by atoms with Crippen molar-refractivity contribution in [3.05, 3.63) is 134 Å². The Balaban J connectivity index is 0.000000370. The van der Waals surface area contributed by atoms with Crippen molar-refractivity contribution < 1.29 is 0 Å². The van der Waals surface area contributed by atoms with Crippen LogP contribution in [0.5, 0.6) is 0 Å². The zero-order valence-electron chi connectivity index (χ0n) is 29.5. The highest BCUT2D eigenvalue weighted by Crippen LogP contribution is 2.38. The van der Waals surface area contributed by atoms with E-state index in [1.807, 2.05) is 120 Å². The number of rotatable bonds is 4. The first-order valence-electron chi connectivity index (χ1n) is 16.4. The summed E-state index contributed by atoms with van der Waals surface area (Å²) in [6, 6.07) is 31.6. The third kappa shape index (κ3) is 11.2. The van der Waals surface area contributed by atoms with E-state index >= 15 is 0 Å². The number of hydrogen-bond donors (Lipinski definition) is 4. The van der Waals surface area contributed by atoms with Crippen LogP contribution in [0.2, 0.25) is 0 Å². The standard InChI is InChI=1S/C16H13N3.C15H17N3.C4H6.3C2H6/c17-15-10-11-16(14-9-5-4-8-13(14)15)19-18-12-6-2-1-3-7-12;1-3-9(2)15-17-12-6-4-5-10-11(16)7-8-13(18-15)14(10)12;1-3-4-2;3*1-2/h1-11H,17H2;3-8,15,17-18H,16H2,1-2H3;3-4H,1-2H2;3*1-2H3/b;9-3+;;;;. The van der Waals surface area contributed by atoms with Gasteiger partial charge in [0.25, 0.3) is 0 Å². The van der Waals surface area contributed by atoms with Crippen molar-refractivity contribution in [3.8, 4) is 0 Å². The summed E-state index contributed by atoms with van der Waals surface area (Å²) in [5.41, 5.74) is 18.8. The van der Waals surface area contributed by atoms with Gasteiger partial charge in [0.05, 0.1) is 11.4 Å². The molecule has 0 saturated carbocycles. The Labute approximate surface area is 283 Å². The molecule has 6 nitrogen and oxygen atoms in total. The fourth-order valence-corrected chi connectivity index (χ4v) is 4.41. The molecule has 47 heavy (non-hydrogen) atoms. The van der Waals surface area contributed by atoms with Gasteiger partial charge < -0.3 is 22.1 Å². The van der Waals surface area contributed by atoms with Crippen molar-refractivity contribution in [1.82, 2.24) is 0 Å². The van der Waals surface area contributed by atoms with Crippen LogP contribution >= 0.6 is 0 Å². The highest BCUT2D eigenvalue weighted by atomic mass is 15.1. The summed E-state index contributed by atoms with van der Waals surface area (Å²) in [4.78, 5) is 0. The van der Waals surface area contributed by atoms with Crippen LogP contribution in [0, 0.1) is 0 Å². The van der Waals surface area contributed by atoms with Crippen LogP contribution < -0.4 is 22.1 Å². The van der Waals surface area contributed by atoms with E-state index in [4.69, 9.17) is 11.5 Å². The highest BCUT2D eigenvalue weighted by Gasteiger charge is 2.20. The Morgan fingerprint density at radius 3 is 1.72 bits per heavy atom. The Morgan fingerprint density at radius 2 is 1.13 bits per heavy atom. The number of benzene rings is 5. The fourth-order valence-electron chi connectivity index (χ4n) is 4.41. The zero-order chi connectivity index (χ0) is 35.2. The summed E-state index contributed by atoms with van der Waals surface area (Å²) in [6.07, 6.45) is 5.55. The molecule has 0 aromatic heterocycles. The quantitative estimate of drug-likeness (QED) is 0.0687. The van der Waals surface area contributed by atoms with E-state index < -0.39 is 0 Å². The monoisotopic (exact) mass is 630 g/mol.